The van der Waals surface area contributed by atoms with E-state index in [-0.39, 0.29) is 6.79 Å². The maximum Gasteiger partial charge on any atom is 0.231 e. The van der Waals surface area contributed by atoms with Gasteiger partial charge in [-0.15, -0.1) is 0 Å². The molecular weight excluding hydrogens is 258 g/mol. The summed E-state index contributed by atoms with van der Waals surface area (Å²) in [6.45, 7) is 0.235. The molecule has 20 heavy (non-hydrogen) atoms. The first-order valence-corrected chi connectivity index (χ1v) is 6.12. The van der Waals surface area contributed by atoms with Crippen LogP contribution in [0.2, 0.25) is 0 Å². The van der Waals surface area contributed by atoms with Crippen LogP contribution in [0, 0.1) is 0 Å². The van der Waals surface area contributed by atoms with E-state index in [0.29, 0.717) is 17.2 Å². The van der Waals surface area contributed by atoms with Gasteiger partial charge in [0.1, 0.15) is 5.75 Å². The van der Waals surface area contributed by atoms with E-state index in [1.165, 1.54) is 0 Å². The van der Waals surface area contributed by atoms with E-state index in [4.69, 9.17) is 14.2 Å². The van der Waals surface area contributed by atoms with Crippen LogP contribution in [0.15, 0.2) is 36.9 Å². The summed E-state index contributed by atoms with van der Waals surface area (Å²) in [7, 11) is 1.63. The number of benzene rings is 1. The van der Waals surface area contributed by atoms with Crippen molar-refractivity contribution in [2.75, 3.05) is 13.9 Å². The number of ether oxygens (including phenoxy) is 3. The monoisotopic (exact) mass is 269 g/mol. The smallest absolute Gasteiger partial charge is 0.231 e. The van der Waals surface area contributed by atoms with Crippen molar-refractivity contribution in [1.29, 1.82) is 0 Å². The number of aromatic nitrogens is 3. The Hall–Kier alpha value is -2.76. The van der Waals surface area contributed by atoms with Gasteiger partial charge in [0.05, 0.1) is 25.2 Å². The SMILES string of the molecule is COc1cc2c(cc1-c1cnc3cnccn13)OCO2. The highest BCUT2D eigenvalue weighted by Gasteiger charge is 2.20. The molecule has 3 aromatic rings. The van der Waals surface area contributed by atoms with Crippen molar-refractivity contribution >= 4 is 5.65 Å². The minimum absolute atomic E-state index is 0.235. The summed E-state index contributed by atoms with van der Waals surface area (Å²) < 4.78 is 18.2. The molecule has 0 saturated heterocycles. The lowest BCUT2D eigenvalue weighted by Gasteiger charge is -2.09. The van der Waals surface area contributed by atoms with E-state index in [1.54, 1.807) is 25.7 Å². The molecular formula is C14H11N3O3. The Morgan fingerprint density at radius 1 is 1.20 bits per heavy atom. The highest BCUT2D eigenvalue weighted by atomic mass is 16.7. The van der Waals surface area contributed by atoms with Crippen LogP contribution >= 0.6 is 0 Å². The van der Waals surface area contributed by atoms with Gasteiger partial charge in [-0.05, 0) is 6.07 Å². The number of hydrogen-bond donors (Lipinski definition) is 0. The third-order valence-corrected chi connectivity index (χ3v) is 3.29. The summed E-state index contributed by atoms with van der Waals surface area (Å²) in [5.74, 6) is 2.12. The van der Waals surface area contributed by atoms with E-state index in [1.807, 2.05) is 22.7 Å². The third kappa shape index (κ3) is 1.51. The van der Waals surface area contributed by atoms with Crippen LogP contribution in [0.3, 0.4) is 0 Å². The number of hydrogen-bond acceptors (Lipinski definition) is 5. The minimum Gasteiger partial charge on any atom is -0.496 e. The number of fused-ring (bicyclic) bond motifs is 2. The van der Waals surface area contributed by atoms with E-state index < -0.39 is 0 Å². The van der Waals surface area contributed by atoms with Gasteiger partial charge >= 0.3 is 0 Å². The van der Waals surface area contributed by atoms with Crippen LogP contribution in [-0.4, -0.2) is 28.3 Å². The zero-order valence-corrected chi connectivity index (χ0v) is 10.7. The van der Waals surface area contributed by atoms with Gasteiger partial charge in [0, 0.05) is 24.0 Å². The zero-order chi connectivity index (χ0) is 13.5. The van der Waals surface area contributed by atoms with Crippen molar-refractivity contribution in [1.82, 2.24) is 14.4 Å². The van der Waals surface area contributed by atoms with Crippen molar-refractivity contribution in [3.05, 3.63) is 36.9 Å². The van der Waals surface area contributed by atoms with Crippen molar-refractivity contribution < 1.29 is 14.2 Å². The fraction of sp³-hybridized carbons (Fsp3) is 0.143. The number of methoxy groups -OCH3 is 1. The van der Waals surface area contributed by atoms with Gasteiger partial charge in [-0.1, -0.05) is 0 Å². The lowest BCUT2D eigenvalue weighted by molar-refractivity contribution is 0.174. The van der Waals surface area contributed by atoms with E-state index in [2.05, 4.69) is 9.97 Å². The van der Waals surface area contributed by atoms with Crippen LogP contribution < -0.4 is 14.2 Å². The van der Waals surface area contributed by atoms with Gasteiger partial charge in [-0.3, -0.25) is 9.38 Å². The molecule has 1 aliphatic rings. The number of imidazole rings is 1. The Bertz CT molecular complexity index is 797. The molecule has 4 rings (SSSR count). The molecule has 6 nitrogen and oxygen atoms in total. The van der Waals surface area contributed by atoms with Gasteiger partial charge in [0.25, 0.3) is 0 Å². The minimum atomic E-state index is 0.235. The Kier molecular flexibility index (Phi) is 2.29. The highest BCUT2D eigenvalue weighted by Crippen LogP contribution is 2.42. The molecule has 0 atom stereocenters. The molecule has 0 aliphatic carbocycles. The highest BCUT2D eigenvalue weighted by molar-refractivity contribution is 5.73. The molecule has 0 spiro atoms. The Morgan fingerprint density at radius 2 is 2.05 bits per heavy atom. The topological polar surface area (TPSA) is 57.9 Å². The van der Waals surface area contributed by atoms with E-state index in [0.717, 1.165) is 16.9 Å². The normalized spacial score (nSPS) is 12.8. The predicted octanol–water partition coefficient (Wildman–Crippen LogP) is 2.13. The van der Waals surface area contributed by atoms with Crippen LogP contribution in [0.4, 0.5) is 0 Å². The molecule has 100 valence electrons. The number of rotatable bonds is 2. The molecule has 0 radical (unpaired) electrons. The van der Waals surface area contributed by atoms with Gasteiger partial charge in [0.15, 0.2) is 17.1 Å². The zero-order valence-electron chi connectivity index (χ0n) is 10.7. The fourth-order valence-corrected chi connectivity index (χ4v) is 2.33. The van der Waals surface area contributed by atoms with Crippen LogP contribution in [-0.2, 0) is 0 Å². The summed E-state index contributed by atoms with van der Waals surface area (Å²) in [4.78, 5) is 8.40. The second-order valence-electron chi connectivity index (χ2n) is 4.35. The van der Waals surface area contributed by atoms with Crippen LogP contribution in [0.5, 0.6) is 17.2 Å². The molecule has 0 unspecified atom stereocenters. The summed E-state index contributed by atoms with van der Waals surface area (Å²) in [6.07, 6.45) is 7.08. The second-order valence-corrected chi connectivity index (χ2v) is 4.35. The van der Waals surface area contributed by atoms with Gasteiger partial charge in [-0.2, -0.15) is 0 Å². The summed E-state index contributed by atoms with van der Waals surface area (Å²) in [5.41, 5.74) is 2.59. The van der Waals surface area contributed by atoms with Crippen molar-refractivity contribution in [2.45, 2.75) is 0 Å². The molecule has 3 heterocycles. The maximum atomic E-state index is 5.45. The Morgan fingerprint density at radius 3 is 2.90 bits per heavy atom. The molecule has 0 saturated carbocycles. The lowest BCUT2D eigenvalue weighted by atomic mass is 10.1. The van der Waals surface area contributed by atoms with Crippen LogP contribution in [0.1, 0.15) is 0 Å². The van der Waals surface area contributed by atoms with Gasteiger partial charge < -0.3 is 14.2 Å². The first-order chi connectivity index (χ1) is 9.86. The Labute approximate surface area is 114 Å². The molecule has 0 bridgehead atoms. The van der Waals surface area contributed by atoms with Crippen molar-refractivity contribution in [3.8, 4) is 28.5 Å². The summed E-state index contributed by atoms with van der Waals surface area (Å²) in [5, 5.41) is 0. The first kappa shape index (κ1) is 11.1. The molecule has 0 N–H and O–H groups in total. The van der Waals surface area contributed by atoms with Gasteiger partial charge in [0.2, 0.25) is 6.79 Å². The quantitative estimate of drug-likeness (QED) is 0.713. The average Bonchev–Trinajstić information content (AvgIpc) is 3.11. The second kappa shape index (κ2) is 4.12. The van der Waals surface area contributed by atoms with Crippen molar-refractivity contribution in [3.63, 3.8) is 0 Å². The van der Waals surface area contributed by atoms with Crippen molar-refractivity contribution in [2.24, 2.45) is 0 Å². The molecule has 1 aromatic carbocycles. The lowest BCUT2D eigenvalue weighted by Crippen LogP contribution is -1.93. The first-order valence-electron chi connectivity index (χ1n) is 6.12. The number of nitrogens with zero attached hydrogens (tertiary/aromatic N) is 3. The molecule has 1 aliphatic heterocycles. The predicted molar refractivity (Wildman–Crippen MR) is 71.1 cm³/mol. The van der Waals surface area contributed by atoms with E-state index >= 15 is 0 Å². The molecule has 2 aromatic heterocycles. The van der Waals surface area contributed by atoms with E-state index in [9.17, 15) is 0 Å². The largest absolute Gasteiger partial charge is 0.496 e. The van der Waals surface area contributed by atoms with Crippen LogP contribution in [0.25, 0.3) is 16.9 Å². The summed E-state index contributed by atoms with van der Waals surface area (Å²) >= 11 is 0. The molecule has 0 fully saturated rings. The molecule has 0 amide bonds. The average molecular weight is 269 g/mol. The fourth-order valence-electron chi connectivity index (χ4n) is 2.33. The van der Waals surface area contributed by atoms with Gasteiger partial charge in [-0.25, -0.2) is 4.98 Å². The molecule has 6 heteroatoms. The Balaban J connectivity index is 1.97. The summed E-state index contributed by atoms with van der Waals surface area (Å²) in [6, 6.07) is 3.74. The maximum absolute atomic E-state index is 5.45. The standard InChI is InChI=1S/C14H11N3O3/c1-18-11-5-13-12(19-8-20-13)4-9(11)10-6-16-14-7-15-2-3-17(10)14/h2-7H,8H2,1H3. The third-order valence-electron chi connectivity index (χ3n) is 3.29.